The monoisotopic (exact) mass is 699 g/mol. The van der Waals surface area contributed by atoms with Crippen LogP contribution in [0.1, 0.15) is 47.2 Å². The van der Waals surface area contributed by atoms with E-state index in [1.807, 2.05) is 63.2 Å². The number of fused-ring (bicyclic) bond motifs is 1. The van der Waals surface area contributed by atoms with Crippen molar-refractivity contribution in [2.75, 3.05) is 26.9 Å². The molecule has 5 rings (SSSR count). The van der Waals surface area contributed by atoms with Crippen LogP contribution in [-0.4, -0.2) is 50.0 Å². The maximum absolute atomic E-state index is 13.5. The average molecular weight is 701 g/mol. The fraction of sp³-hybridized carbons (Fsp3) is 0.194. The number of esters is 1. The molecule has 5 aromatic rings. The predicted octanol–water partition coefficient (Wildman–Crippen LogP) is 7.79. The molecule has 0 unspecified atom stereocenters. The van der Waals surface area contributed by atoms with Gasteiger partial charge in [0.15, 0.2) is 23.0 Å². The molecule has 0 saturated heterocycles. The van der Waals surface area contributed by atoms with Gasteiger partial charge in [-0.15, -0.1) is 0 Å². The fourth-order valence-corrected chi connectivity index (χ4v) is 5.52. The van der Waals surface area contributed by atoms with Gasteiger partial charge in [-0.3, -0.25) is 4.79 Å². The number of methoxy groups -OCH3 is 1. The topological polar surface area (TPSA) is 120 Å². The van der Waals surface area contributed by atoms with E-state index in [0.717, 1.165) is 15.4 Å². The van der Waals surface area contributed by atoms with Crippen molar-refractivity contribution in [1.29, 1.82) is 0 Å². The van der Waals surface area contributed by atoms with E-state index in [1.165, 1.54) is 6.21 Å². The quantitative estimate of drug-likeness (QED) is 0.0557. The molecule has 11 heteroatoms. The molecule has 0 fully saturated rings. The van der Waals surface area contributed by atoms with Crippen LogP contribution >= 0.6 is 15.9 Å². The van der Waals surface area contributed by atoms with E-state index in [1.54, 1.807) is 43.5 Å². The van der Waals surface area contributed by atoms with E-state index >= 15 is 0 Å². The first-order valence-corrected chi connectivity index (χ1v) is 15.8. The molecule has 2 N–H and O–H groups in total. The second kappa shape index (κ2) is 15.3. The number of hydrogen-bond acceptors (Lipinski definition) is 8. The smallest absolute Gasteiger partial charge is 0.343 e. The van der Waals surface area contributed by atoms with Gasteiger partial charge in [-0.05, 0) is 80.4 Å². The Morgan fingerprint density at radius 1 is 0.809 bits per heavy atom. The normalized spacial score (nSPS) is 11.0. The van der Waals surface area contributed by atoms with Crippen molar-refractivity contribution in [2.24, 2.45) is 5.10 Å². The summed E-state index contributed by atoms with van der Waals surface area (Å²) in [5.74, 6) is 1.15. The number of aromatic amines is 1. The van der Waals surface area contributed by atoms with E-state index < -0.39 is 11.9 Å². The van der Waals surface area contributed by atoms with E-state index in [-0.39, 0.29) is 5.75 Å². The van der Waals surface area contributed by atoms with Gasteiger partial charge in [0.25, 0.3) is 5.91 Å². The zero-order valence-electron chi connectivity index (χ0n) is 26.4. The Morgan fingerprint density at radius 3 is 2.17 bits per heavy atom. The summed E-state index contributed by atoms with van der Waals surface area (Å²) >= 11 is 3.63. The third-order valence-electron chi connectivity index (χ3n) is 7.00. The summed E-state index contributed by atoms with van der Waals surface area (Å²) < 4.78 is 29.1. The molecule has 4 aromatic carbocycles. The molecule has 1 heterocycles. The Kier molecular flexibility index (Phi) is 10.8. The number of carbonyl (C=O) groups is 2. The van der Waals surface area contributed by atoms with Gasteiger partial charge < -0.3 is 28.7 Å². The standard InChI is InChI=1S/C36H34BrN3O7/c1-5-44-26-17-14-24(20-30(26)46-7-3)36(42)47-27-16-13-22(19-29(27)45-6-2)21-38-40-35(41)34-31(23-11-9-8-10-12-23)32-25(37)15-18-28(43-4)33(32)39-34/h8-21,39H,5-7H2,1-4H3,(H,40,41). The molecular formula is C36H34BrN3O7. The largest absolute Gasteiger partial charge is 0.495 e. The summed E-state index contributed by atoms with van der Waals surface area (Å²) in [5, 5.41) is 5.02. The number of rotatable bonds is 13. The molecule has 242 valence electrons. The molecule has 0 bridgehead atoms. The molecule has 0 aliphatic rings. The number of aromatic nitrogens is 1. The zero-order valence-corrected chi connectivity index (χ0v) is 28.0. The molecule has 0 atom stereocenters. The molecule has 0 spiro atoms. The van der Waals surface area contributed by atoms with E-state index in [2.05, 4.69) is 31.4 Å². The first-order chi connectivity index (χ1) is 22.9. The van der Waals surface area contributed by atoms with E-state index in [9.17, 15) is 9.59 Å². The van der Waals surface area contributed by atoms with Gasteiger partial charge in [0, 0.05) is 15.4 Å². The second-order valence-electron chi connectivity index (χ2n) is 10.00. The van der Waals surface area contributed by atoms with Gasteiger partial charge in [-0.2, -0.15) is 5.10 Å². The van der Waals surface area contributed by atoms with Crippen molar-refractivity contribution in [1.82, 2.24) is 10.4 Å². The Balaban J connectivity index is 1.37. The number of hydrogen-bond donors (Lipinski definition) is 2. The highest BCUT2D eigenvalue weighted by Gasteiger charge is 2.23. The molecule has 10 nitrogen and oxygen atoms in total. The minimum Gasteiger partial charge on any atom is -0.495 e. The molecule has 0 aliphatic carbocycles. The lowest BCUT2D eigenvalue weighted by Gasteiger charge is -2.13. The summed E-state index contributed by atoms with van der Waals surface area (Å²) in [5.41, 5.74) is 6.10. The predicted molar refractivity (Wildman–Crippen MR) is 184 cm³/mol. The highest BCUT2D eigenvalue weighted by Crippen LogP contribution is 2.41. The maximum atomic E-state index is 13.5. The summed E-state index contributed by atoms with van der Waals surface area (Å²) in [6.07, 6.45) is 1.48. The Hall–Kier alpha value is -5.29. The molecule has 1 amide bonds. The fourth-order valence-electron chi connectivity index (χ4n) is 4.99. The zero-order chi connectivity index (χ0) is 33.3. The number of benzene rings is 4. The number of carbonyl (C=O) groups excluding carboxylic acids is 2. The third-order valence-corrected chi connectivity index (χ3v) is 7.67. The van der Waals surface area contributed by atoms with Gasteiger partial charge in [-0.25, -0.2) is 10.2 Å². The first kappa shape index (κ1) is 33.1. The molecule has 1 aromatic heterocycles. The highest BCUT2D eigenvalue weighted by atomic mass is 79.9. The van der Waals surface area contributed by atoms with Gasteiger partial charge in [0.05, 0.1) is 44.2 Å². The molecular weight excluding hydrogens is 666 g/mol. The molecule has 0 saturated carbocycles. The van der Waals surface area contributed by atoms with Crippen molar-refractivity contribution in [3.8, 4) is 39.9 Å². The van der Waals surface area contributed by atoms with Crippen molar-refractivity contribution >= 4 is 44.9 Å². The average Bonchev–Trinajstić information content (AvgIpc) is 3.49. The van der Waals surface area contributed by atoms with Crippen LogP contribution < -0.4 is 29.1 Å². The number of amides is 1. The van der Waals surface area contributed by atoms with Crippen LogP contribution in [0, 0.1) is 0 Å². The SMILES string of the molecule is CCOc1ccc(C(=O)Oc2ccc(C=NNC(=O)c3[nH]c4c(OC)ccc(Br)c4c3-c3ccccc3)cc2OCC)cc1OCC. The van der Waals surface area contributed by atoms with Crippen LogP contribution in [0.15, 0.2) is 88.4 Å². The van der Waals surface area contributed by atoms with Crippen molar-refractivity contribution in [3.05, 3.63) is 100 Å². The number of nitrogens with one attached hydrogen (secondary N) is 2. The van der Waals surface area contributed by atoms with Crippen LogP contribution in [0.2, 0.25) is 0 Å². The van der Waals surface area contributed by atoms with E-state index in [0.29, 0.717) is 70.7 Å². The lowest BCUT2D eigenvalue weighted by molar-refractivity contribution is 0.0727. The number of ether oxygens (including phenoxy) is 5. The Labute approximate surface area is 280 Å². The van der Waals surface area contributed by atoms with Crippen LogP contribution in [0.4, 0.5) is 0 Å². The minimum absolute atomic E-state index is 0.231. The lowest BCUT2D eigenvalue weighted by Crippen LogP contribution is -2.19. The lowest BCUT2D eigenvalue weighted by atomic mass is 10.0. The van der Waals surface area contributed by atoms with Crippen molar-refractivity contribution in [3.63, 3.8) is 0 Å². The van der Waals surface area contributed by atoms with Gasteiger partial charge >= 0.3 is 5.97 Å². The van der Waals surface area contributed by atoms with Crippen molar-refractivity contribution < 1.29 is 33.3 Å². The number of hydrazone groups is 1. The Morgan fingerprint density at radius 2 is 1.47 bits per heavy atom. The number of halogens is 1. The molecule has 0 aliphatic heterocycles. The van der Waals surface area contributed by atoms with Gasteiger partial charge in [0.1, 0.15) is 11.4 Å². The minimum atomic E-state index is -0.584. The summed E-state index contributed by atoms with van der Waals surface area (Å²) in [7, 11) is 1.58. The van der Waals surface area contributed by atoms with E-state index in [4.69, 9.17) is 23.7 Å². The molecule has 0 radical (unpaired) electrons. The van der Waals surface area contributed by atoms with Crippen LogP contribution in [0.25, 0.3) is 22.0 Å². The van der Waals surface area contributed by atoms with Gasteiger partial charge in [-0.1, -0.05) is 46.3 Å². The number of H-pyrrole nitrogens is 1. The third kappa shape index (κ3) is 7.41. The Bertz CT molecular complexity index is 1920. The molecule has 47 heavy (non-hydrogen) atoms. The number of nitrogens with zero attached hydrogens (tertiary/aromatic N) is 1. The summed E-state index contributed by atoms with van der Waals surface area (Å²) in [6, 6.07) is 23.2. The maximum Gasteiger partial charge on any atom is 0.343 e. The highest BCUT2D eigenvalue weighted by molar-refractivity contribution is 9.10. The van der Waals surface area contributed by atoms with Crippen LogP contribution in [-0.2, 0) is 0 Å². The summed E-state index contributed by atoms with van der Waals surface area (Å²) in [4.78, 5) is 29.8. The van der Waals surface area contributed by atoms with Gasteiger partial charge in [0.2, 0.25) is 0 Å². The second-order valence-corrected chi connectivity index (χ2v) is 10.9. The van der Waals surface area contributed by atoms with Crippen LogP contribution in [0.5, 0.6) is 28.7 Å². The summed E-state index contributed by atoms with van der Waals surface area (Å²) in [6.45, 7) is 6.76. The van der Waals surface area contributed by atoms with Crippen molar-refractivity contribution in [2.45, 2.75) is 20.8 Å². The van der Waals surface area contributed by atoms with Crippen LogP contribution in [0.3, 0.4) is 0 Å². The first-order valence-electron chi connectivity index (χ1n) is 15.0.